The van der Waals surface area contributed by atoms with Crippen LogP contribution in [0.2, 0.25) is 0 Å². The van der Waals surface area contributed by atoms with Crippen LogP contribution in [0.4, 0.5) is 18.0 Å². The molecule has 2 atom stereocenters. The standard InChI is InChI=1S/C15H25F3N2O5/c1-9(19-12(23)25-13(2,3)4)7-10(21)20-14(5,15(16,17)18)8-11(22)24-6/h9H,7-8H2,1-6H3,(H,19,23)(H,20,21)/t9-,14-/m0/s1. The van der Waals surface area contributed by atoms with Crippen LogP contribution in [0.3, 0.4) is 0 Å². The van der Waals surface area contributed by atoms with Crippen LogP contribution in [0.1, 0.15) is 47.5 Å². The van der Waals surface area contributed by atoms with Crippen molar-refractivity contribution in [3.05, 3.63) is 0 Å². The van der Waals surface area contributed by atoms with E-state index in [1.165, 1.54) is 6.92 Å². The van der Waals surface area contributed by atoms with E-state index in [4.69, 9.17) is 4.74 Å². The second-order valence-corrected chi connectivity index (χ2v) is 6.88. The summed E-state index contributed by atoms with van der Waals surface area (Å²) < 4.78 is 48.8. The van der Waals surface area contributed by atoms with Crippen molar-refractivity contribution in [1.29, 1.82) is 0 Å². The van der Waals surface area contributed by atoms with Gasteiger partial charge < -0.3 is 20.1 Å². The number of carbonyl (C=O) groups excluding carboxylic acids is 3. The highest BCUT2D eigenvalue weighted by atomic mass is 19.4. The number of methoxy groups -OCH3 is 1. The summed E-state index contributed by atoms with van der Waals surface area (Å²) in [7, 11) is 0.952. The number of nitrogens with one attached hydrogen (secondary N) is 2. The van der Waals surface area contributed by atoms with Crippen molar-refractivity contribution in [3.63, 3.8) is 0 Å². The van der Waals surface area contributed by atoms with Crippen LogP contribution >= 0.6 is 0 Å². The quantitative estimate of drug-likeness (QED) is 0.700. The van der Waals surface area contributed by atoms with Crippen molar-refractivity contribution in [2.45, 2.75) is 70.8 Å². The fourth-order valence-corrected chi connectivity index (χ4v) is 1.77. The number of alkyl halides is 3. The number of alkyl carbamates (subject to hydrolysis) is 1. The first-order chi connectivity index (χ1) is 11.1. The summed E-state index contributed by atoms with van der Waals surface area (Å²) in [6.07, 6.45) is -7.14. The third-order valence-electron chi connectivity index (χ3n) is 3.02. The van der Waals surface area contributed by atoms with Gasteiger partial charge in [0.1, 0.15) is 11.1 Å². The molecule has 0 aliphatic heterocycles. The van der Waals surface area contributed by atoms with E-state index < -0.39 is 54.2 Å². The minimum atomic E-state index is -4.86. The number of hydrogen-bond acceptors (Lipinski definition) is 5. The lowest BCUT2D eigenvalue weighted by Gasteiger charge is -2.32. The fraction of sp³-hybridized carbons (Fsp3) is 0.800. The SMILES string of the molecule is COC(=O)C[C@](C)(NC(=O)C[C@H](C)NC(=O)OC(C)(C)C)C(F)(F)F. The van der Waals surface area contributed by atoms with E-state index in [-0.39, 0.29) is 0 Å². The normalized spacial score (nSPS) is 15.6. The van der Waals surface area contributed by atoms with Crippen LogP contribution in [0.5, 0.6) is 0 Å². The largest absolute Gasteiger partial charge is 0.469 e. The highest BCUT2D eigenvalue weighted by Gasteiger charge is 2.53. The molecule has 0 aliphatic rings. The molecule has 2 N–H and O–H groups in total. The summed E-state index contributed by atoms with van der Waals surface area (Å²) in [6, 6.07) is -0.773. The van der Waals surface area contributed by atoms with Crippen LogP contribution in [0.25, 0.3) is 0 Å². The van der Waals surface area contributed by atoms with E-state index in [2.05, 4.69) is 10.1 Å². The van der Waals surface area contributed by atoms with Gasteiger partial charge in [0, 0.05) is 12.5 Å². The van der Waals surface area contributed by atoms with Gasteiger partial charge in [-0.3, -0.25) is 9.59 Å². The number of halogens is 3. The maximum Gasteiger partial charge on any atom is 0.411 e. The average Bonchev–Trinajstić information content (AvgIpc) is 2.33. The molecule has 0 radical (unpaired) electrons. The van der Waals surface area contributed by atoms with Gasteiger partial charge in [-0.1, -0.05) is 0 Å². The van der Waals surface area contributed by atoms with Gasteiger partial charge in [0.2, 0.25) is 5.91 Å². The fourth-order valence-electron chi connectivity index (χ4n) is 1.77. The molecule has 0 bridgehead atoms. The third-order valence-corrected chi connectivity index (χ3v) is 3.02. The number of amides is 2. The van der Waals surface area contributed by atoms with Gasteiger partial charge in [-0.25, -0.2) is 4.79 Å². The Hall–Kier alpha value is -2.00. The van der Waals surface area contributed by atoms with Gasteiger partial charge in [-0.2, -0.15) is 13.2 Å². The Morgan fingerprint density at radius 2 is 1.60 bits per heavy atom. The van der Waals surface area contributed by atoms with Crippen molar-refractivity contribution in [1.82, 2.24) is 10.6 Å². The summed E-state index contributed by atoms with van der Waals surface area (Å²) in [5, 5.41) is 4.14. The summed E-state index contributed by atoms with van der Waals surface area (Å²) in [5.74, 6) is -2.09. The van der Waals surface area contributed by atoms with E-state index in [1.54, 1.807) is 26.1 Å². The van der Waals surface area contributed by atoms with Gasteiger partial charge in [-0.15, -0.1) is 0 Å². The zero-order valence-corrected chi connectivity index (χ0v) is 15.2. The maximum absolute atomic E-state index is 13.2. The lowest BCUT2D eigenvalue weighted by molar-refractivity contribution is -0.199. The van der Waals surface area contributed by atoms with Crippen LogP contribution in [-0.4, -0.2) is 48.4 Å². The van der Waals surface area contributed by atoms with E-state index >= 15 is 0 Å². The first kappa shape index (κ1) is 23.0. The molecule has 0 aliphatic carbocycles. The monoisotopic (exact) mass is 370 g/mol. The summed E-state index contributed by atoms with van der Waals surface area (Å²) in [4.78, 5) is 34.7. The molecule has 0 fully saturated rings. The second-order valence-electron chi connectivity index (χ2n) is 6.88. The van der Waals surface area contributed by atoms with Crippen molar-refractivity contribution in [2.75, 3.05) is 7.11 Å². The Balaban J connectivity index is 4.82. The molecule has 0 unspecified atom stereocenters. The van der Waals surface area contributed by atoms with Gasteiger partial charge >= 0.3 is 18.2 Å². The average molecular weight is 370 g/mol. The zero-order chi connectivity index (χ0) is 20.1. The van der Waals surface area contributed by atoms with E-state index in [0.29, 0.717) is 6.92 Å². The number of rotatable bonds is 6. The molecule has 0 saturated carbocycles. The van der Waals surface area contributed by atoms with E-state index in [1.807, 2.05) is 0 Å². The predicted molar refractivity (Wildman–Crippen MR) is 82.7 cm³/mol. The van der Waals surface area contributed by atoms with Gasteiger partial charge in [0.05, 0.1) is 13.5 Å². The van der Waals surface area contributed by atoms with Gasteiger partial charge in [0.15, 0.2) is 0 Å². The Morgan fingerprint density at radius 3 is 2.00 bits per heavy atom. The number of hydrogen-bond donors (Lipinski definition) is 2. The molecule has 146 valence electrons. The minimum absolute atomic E-state index is 0.425. The molecule has 10 heteroatoms. The van der Waals surface area contributed by atoms with Crippen molar-refractivity contribution in [3.8, 4) is 0 Å². The van der Waals surface area contributed by atoms with Crippen LogP contribution in [0.15, 0.2) is 0 Å². The Morgan fingerprint density at radius 1 is 1.08 bits per heavy atom. The van der Waals surface area contributed by atoms with E-state index in [9.17, 15) is 27.6 Å². The first-order valence-corrected chi connectivity index (χ1v) is 7.53. The molecular formula is C15H25F3N2O5. The van der Waals surface area contributed by atoms with E-state index in [0.717, 1.165) is 7.11 Å². The summed E-state index contributed by atoms with van der Waals surface area (Å²) >= 11 is 0. The molecule has 0 saturated heterocycles. The van der Waals surface area contributed by atoms with Crippen molar-refractivity contribution in [2.24, 2.45) is 0 Å². The van der Waals surface area contributed by atoms with Crippen molar-refractivity contribution >= 4 is 18.0 Å². The Kier molecular flexibility index (Phi) is 7.72. The Labute approximate surface area is 144 Å². The molecule has 0 spiro atoms. The number of esters is 1. The van der Waals surface area contributed by atoms with Gasteiger partial charge in [-0.05, 0) is 34.6 Å². The van der Waals surface area contributed by atoms with Crippen molar-refractivity contribution < 1.29 is 37.0 Å². The highest BCUT2D eigenvalue weighted by molar-refractivity contribution is 5.80. The summed E-state index contributed by atoms with van der Waals surface area (Å²) in [5.41, 5.74) is -3.52. The topological polar surface area (TPSA) is 93.7 Å². The van der Waals surface area contributed by atoms with Crippen LogP contribution in [-0.2, 0) is 19.1 Å². The molecule has 0 rings (SSSR count). The number of ether oxygens (including phenoxy) is 2. The highest BCUT2D eigenvalue weighted by Crippen LogP contribution is 2.33. The molecule has 0 aromatic heterocycles. The predicted octanol–water partition coefficient (Wildman–Crippen LogP) is 2.29. The minimum Gasteiger partial charge on any atom is -0.469 e. The maximum atomic E-state index is 13.2. The van der Waals surface area contributed by atoms with Crippen LogP contribution in [0, 0.1) is 0 Å². The summed E-state index contributed by atoms with van der Waals surface area (Å²) in [6.45, 7) is 7.06. The molecule has 25 heavy (non-hydrogen) atoms. The molecule has 0 aromatic rings. The molecule has 0 aromatic carbocycles. The molecule has 0 heterocycles. The lowest BCUT2D eigenvalue weighted by atomic mass is 9.96. The van der Waals surface area contributed by atoms with Gasteiger partial charge in [0.25, 0.3) is 0 Å². The zero-order valence-electron chi connectivity index (χ0n) is 15.2. The molecular weight excluding hydrogens is 345 g/mol. The number of carbonyl (C=O) groups is 3. The third kappa shape index (κ3) is 8.59. The molecule has 7 nitrogen and oxygen atoms in total. The molecule has 2 amide bonds. The Bertz CT molecular complexity index is 502. The lowest BCUT2D eigenvalue weighted by Crippen LogP contribution is -2.58. The smallest absolute Gasteiger partial charge is 0.411 e. The second kappa shape index (κ2) is 8.39. The first-order valence-electron chi connectivity index (χ1n) is 7.53. The van der Waals surface area contributed by atoms with Crippen LogP contribution < -0.4 is 10.6 Å².